The number of nitrogens with zero attached hydrogens (tertiary/aromatic N) is 4. The van der Waals surface area contributed by atoms with E-state index in [1.54, 1.807) is 6.07 Å². The third-order valence-corrected chi connectivity index (χ3v) is 4.19. The highest BCUT2D eigenvalue weighted by Gasteiger charge is 2.26. The smallest absolute Gasteiger partial charge is 0.300 e. The quantitative estimate of drug-likeness (QED) is 0.676. The second-order valence-corrected chi connectivity index (χ2v) is 5.51. The summed E-state index contributed by atoms with van der Waals surface area (Å²) >= 11 is 0. The van der Waals surface area contributed by atoms with E-state index in [9.17, 15) is 10.1 Å². The molecule has 1 unspecified atom stereocenters. The van der Waals surface area contributed by atoms with Crippen molar-refractivity contribution in [3.63, 3.8) is 0 Å². The van der Waals surface area contributed by atoms with Crippen molar-refractivity contribution in [1.29, 1.82) is 0 Å². The average Bonchev–Trinajstić information content (AvgIpc) is 2.95. The standard InChI is InChI=1S/C13H17N5O3/c1-8(14)9-4-6-17(7-5-9)10-2-3-11(18(19)20)13-12(10)15-21-16-13/h2-3,8-9H,4-7,14H2,1H3. The van der Waals surface area contributed by atoms with E-state index in [1.165, 1.54) is 6.07 Å². The first-order chi connectivity index (χ1) is 10.1. The molecule has 0 radical (unpaired) electrons. The monoisotopic (exact) mass is 291 g/mol. The first-order valence-electron chi connectivity index (χ1n) is 6.98. The molecule has 1 aliphatic heterocycles. The Labute approximate surface area is 121 Å². The largest absolute Gasteiger partial charge is 0.370 e. The number of hydrogen-bond acceptors (Lipinski definition) is 7. The number of nitro benzene ring substituents is 1. The van der Waals surface area contributed by atoms with E-state index in [1.807, 2.05) is 6.92 Å². The van der Waals surface area contributed by atoms with Gasteiger partial charge in [0.1, 0.15) is 0 Å². The maximum absolute atomic E-state index is 11.0. The summed E-state index contributed by atoms with van der Waals surface area (Å²) in [6, 6.07) is 3.37. The molecule has 1 atom stereocenters. The summed E-state index contributed by atoms with van der Waals surface area (Å²) in [5.41, 5.74) is 7.35. The summed E-state index contributed by atoms with van der Waals surface area (Å²) in [6.45, 7) is 3.74. The fourth-order valence-corrected chi connectivity index (χ4v) is 2.91. The molecule has 2 N–H and O–H groups in total. The van der Waals surface area contributed by atoms with Gasteiger partial charge in [0, 0.05) is 25.2 Å². The molecule has 1 fully saturated rings. The molecule has 1 aromatic heterocycles. The number of rotatable bonds is 3. The highest BCUT2D eigenvalue weighted by Crippen LogP contribution is 2.33. The van der Waals surface area contributed by atoms with Crippen molar-refractivity contribution in [1.82, 2.24) is 10.3 Å². The van der Waals surface area contributed by atoms with Crippen molar-refractivity contribution >= 4 is 22.4 Å². The van der Waals surface area contributed by atoms with Crippen LogP contribution in [-0.4, -0.2) is 34.4 Å². The molecular weight excluding hydrogens is 274 g/mol. The lowest BCUT2D eigenvalue weighted by Crippen LogP contribution is -2.39. The highest BCUT2D eigenvalue weighted by molar-refractivity contribution is 5.93. The van der Waals surface area contributed by atoms with E-state index >= 15 is 0 Å². The Bertz CT molecular complexity index is 661. The third-order valence-electron chi connectivity index (χ3n) is 4.19. The van der Waals surface area contributed by atoms with Crippen LogP contribution in [0.3, 0.4) is 0 Å². The Morgan fingerprint density at radius 3 is 2.67 bits per heavy atom. The summed E-state index contributed by atoms with van der Waals surface area (Å²) in [6.07, 6.45) is 2.00. The van der Waals surface area contributed by atoms with E-state index in [2.05, 4.69) is 15.2 Å². The van der Waals surface area contributed by atoms with Crippen LogP contribution < -0.4 is 10.6 Å². The zero-order chi connectivity index (χ0) is 15.0. The van der Waals surface area contributed by atoms with Gasteiger partial charge in [0.25, 0.3) is 0 Å². The topological polar surface area (TPSA) is 111 Å². The van der Waals surface area contributed by atoms with Crippen LogP contribution in [0.1, 0.15) is 19.8 Å². The van der Waals surface area contributed by atoms with Gasteiger partial charge in [-0.15, -0.1) is 0 Å². The predicted octanol–water partition coefficient (Wildman–Crippen LogP) is 1.69. The van der Waals surface area contributed by atoms with Crippen LogP contribution >= 0.6 is 0 Å². The fraction of sp³-hybridized carbons (Fsp3) is 0.538. The Hall–Kier alpha value is -2.22. The van der Waals surface area contributed by atoms with Crippen LogP contribution in [0.25, 0.3) is 11.0 Å². The van der Waals surface area contributed by atoms with Crippen molar-refractivity contribution < 1.29 is 9.55 Å². The first-order valence-corrected chi connectivity index (χ1v) is 6.98. The van der Waals surface area contributed by atoms with Crippen LogP contribution in [0, 0.1) is 16.0 Å². The van der Waals surface area contributed by atoms with Gasteiger partial charge in [0.2, 0.25) is 5.52 Å². The van der Waals surface area contributed by atoms with Crippen LogP contribution in [-0.2, 0) is 0 Å². The first kappa shape index (κ1) is 13.7. The Balaban J connectivity index is 1.90. The SMILES string of the molecule is CC(N)C1CCN(c2ccc([N+](=O)[O-])c3nonc23)CC1. The van der Waals surface area contributed by atoms with Crippen LogP contribution in [0.15, 0.2) is 16.8 Å². The molecular formula is C13H17N5O3. The molecule has 112 valence electrons. The third kappa shape index (κ3) is 2.42. The van der Waals surface area contributed by atoms with Gasteiger partial charge in [-0.25, -0.2) is 4.63 Å². The number of nitrogens with two attached hydrogens (primary N) is 1. The molecule has 21 heavy (non-hydrogen) atoms. The van der Waals surface area contributed by atoms with Crippen LogP contribution in [0.4, 0.5) is 11.4 Å². The molecule has 2 aromatic rings. The molecule has 8 nitrogen and oxygen atoms in total. The van der Waals surface area contributed by atoms with Crippen LogP contribution in [0.5, 0.6) is 0 Å². The number of benzene rings is 1. The predicted molar refractivity (Wildman–Crippen MR) is 77.0 cm³/mol. The maximum atomic E-state index is 11.0. The number of piperidine rings is 1. The second kappa shape index (κ2) is 5.28. The molecule has 0 bridgehead atoms. The normalized spacial score (nSPS) is 18.1. The van der Waals surface area contributed by atoms with Crippen molar-refractivity contribution in [2.45, 2.75) is 25.8 Å². The fourth-order valence-electron chi connectivity index (χ4n) is 2.91. The van der Waals surface area contributed by atoms with E-state index in [0.717, 1.165) is 31.6 Å². The molecule has 1 aromatic carbocycles. The van der Waals surface area contributed by atoms with Crippen molar-refractivity contribution in [3.8, 4) is 0 Å². The summed E-state index contributed by atoms with van der Waals surface area (Å²) < 4.78 is 4.70. The van der Waals surface area contributed by atoms with Crippen molar-refractivity contribution in [2.24, 2.45) is 11.7 Å². The average molecular weight is 291 g/mol. The van der Waals surface area contributed by atoms with Gasteiger partial charge in [-0.05, 0) is 42.1 Å². The summed E-state index contributed by atoms with van der Waals surface area (Å²) in [4.78, 5) is 12.7. The van der Waals surface area contributed by atoms with E-state index < -0.39 is 4.92 Å². The van der Waals surface area contributed by atoms with Crippen LogP contribution in [0.2, 0.25) is 0 Å². The van der Waals surface area contributed by atoms with Crippen molar-refractivity contribution in [3.05, 3.63) is 22.2 Å². The molecule has 0 spiro atoms. The van der Waals surface area contributed by atoms with Gasteiger partial charge >= 0.3 is 5.69 Å². The van der Waals surface area contributed by atoms with Gasteiger partial charge in [0.05, 0.1) is 10.6 Å². The summed E-state index contributed by atoms with van der Waals surface area (Å²) in [7, 11) is 0. The minimum Gasteiger partial charge on any atom is -0.370 e. The Morgan fingerprint density at radius 1 is 1.38 bits per heavy atom. The number of hydrogen-bond donors (Lipinski definition) is 1. The minimum atomic E-state index is -0.474. The zero-order valence-corrected chi connectivity index (χ0v) is 11.7. The second-order valence-electron chi connectivity index (χ2n) is 5.51. The summed E-state index contributed by atoms with van der Waals surface area (Å²) in [5.74, 6) is 0.519. The van der Waals surface area contributed by atoms with Gasteiger partial charge in [0.15, 0.2) is 5.52 Å². The Morgan fingerprint density at radius 2 is 2.05 bits per heavy atom. The van der Waals surface area contributed by atoms with E-state index in [4.69, 9.17) is 10.4 Å². The van der Waals surface area contributed by atoms with Crippen molar-refractivity contribution in [2.75, 3.05) is 18.0 Å². The lowest BCUT2D eigenvalue weighted by atomic mass is 9.90. The summed E-state index contributed by atoms with van der Waals surface area (Å²) in [5, 5.41) is 18.5. The van der Waals surface area contributed by atoms with Gasteiger partial charge in [-0.1, -0.05) is 0 Å². The lowest BCUT2D eigenvalue weighted by Gasteiger charge is -2.35. The molecule has 2 heterocycles. The van der Waals surface area contributed by atoms with Gasteiger partial charge < -0.3 is 10.6 Å². The van der Waals surface area contributed by atoms with E-state index in [0.29, 0.717) is 11.4 Å². The highest BCUT2D eigenvalue weighted by atomic mass is 16.6. The molecule has 0 saturated carbocycles. The molecule has 0 amide bonds. The zero-order valence-electron chi connectivity index (χ0n) is 11.7. The number of non-ortho nitro benzene ring substituents is 1. The number of anilines is 1. The Kier molecular flexibility index (Phi) is 3.46. The lowest BCUT2D eigenvalue weighted by molar-refractivity contribution is -0.383. The maximum Gasteiger partial charge on any atom is 0.300 e. The molecule has 0 aliphatic carbocycles. The van der Waals surface area contributed by atoms with E-state index in [-0.39, 0.29) is 17.2 Å². The number of fused-ring (bicyclic) bond motifs is 1. The molecule has 1 saturated heterocycles. The molecule has 8 heteroatoms. The minimum absolute atomic E-state index is 0.0829. The number of aromatic nitrogens is 2. The molecule has 3 rings (SSSR count). The molecule has 1 aliphatic rings. The van der Waals surface area contributed by atoms with Gasteiger partial charge in [-0.3, -0.25) is 10.1 Å². The van der Waals surface area contributed by atoms with Gasteiger partial charge in [-0.2, -0.15) is 0 Å². The number of nitro groups is 1.